The van der Waals surface area contributed by atoms with E-state index in [-0.39, 0.29) is 5.91 Å². The van der Waals surface area contributed by atoms with Crippen molar-refractivity contribution in [3.8, 4) is 0 Å². The fraction of sp³-hybridized carbons (Fsp3) is 0.640. The number of carbonyl (C=O) groups excluding carboxylic acids is 1. The van der Waals surface area contributed by atoms with Gasteiger partial charge in [-0.3, -0.25) is 4.79 Å². The highest BCUT2D eigenvalue weighted by Crippen LogP contribution is 2.30. The lowest BCUT2D eigenvalue weighted by atomic mass is 10.00. The van der Waals surface area contributed by atoms with Crippen LogP contribution in [0.25, 0.3) is 0 Å². The van der Waals surface area contributed by atoms with E-state index < -0.39 is 0 Å². The molecular weight excluding hydrogens is 432 g/mol. The second-order valence-corrected chi connectivity index (χ2v) is 10.8. The van der Waals surface area contributed by atoms with Crippen molar-refractivity contribution in [1.82, 2.24) is 19.8 Å². The Hall–Kier alpha value is -2.19. The van der Waals surface area contributed by atoms with Crippen LogP contribution in [0.2, 0.25) is 0 Å². The SMILES string of the molecule is CN(C)c1nc(N2CCC(N3CCCCC3)CC2)nc2c1CN(C(=O)Cc1cccs1)CC2. The summed E-state index contributed by atoms with van der Waals surface area (Å²) in [5.74, 6) is 2.02. The number of amides is 1. The quantitative estimate of drug-likeness (QED) is 0.672. The van der Waals surface area contributed by atoms with Gasteiger partial charge in [-0.2, -0.15) is 4.98 Å². The van der Waals surface area contributed by atoms with Crippen molar-refractivity contribution in [2.45, 2.75) is 57.5 Å². The smallest absolute Gasteiger partial charge is 0.228 e. The molecule has 2 aromatic rings. The van der Waals surface area contributed by atoms with Gasteiger partial charge in [-0.05, 0) is 50.2 Å². The molecule has 0 atom stereocenters. The minimum absolute atomic E-state index is 0.191. The van der Waals surface area contributed by atoms with Crippen LogP contribution >= 0.6 is 11.3 Å². The first kappa shape index (κ1) is 22.6. The van der Waals surface area contributed by atoms with Crippen LogP contribution in [0.4, 0.5) is 11.8 Å². The Balaban J connectivity index is 1.28. The van der Waals surface area contributed by atoms with Gasteiger partial charge in [0.15, 0.2) is 0 Å². The van der Waals surface area contributed by atoms with E-state index in [9.17, 15) is 4.79 Å². The minimum Gasteiger partial charge on any atom is -0.362 e. The van der Waals surface area contributed by atoms with Gasteiger partial charge in [-0.25, -0.2) is 4.98 Å². The van der Waals surface area contributed by atoms with Gasteiger partial charge >= 0.3 is 0 Å². The van der Waals surface area contributed by atoms with Crippen molar-refractivity contribution in [3.63, 3.8) is 0 Å². The Morgan fingerprint density at radius 1 is 1.09 bits per heavy atom. The van der Waals surface area contributed by atoms with E-state index in [1.54, 1.807) is 11.3 Å². The average molecular weight is 469 g/mol. The van der Waals surface area contributed by atoms with E-state index >= 15 is 0 Å². The van der Waals surface area contributed by atoms with E-state index in [1.165, 1.54) is 45.2 Å². The maximum Gasteiger partial charge on any atom is 0.228 e. The number of hydrogen-bond donors (Lipinski definition) is 0. The summed E-state index contributed by atoms with van der Waals surface area (Å²) in [5.41, 5.74) is 2.22. The molecule has 2 aromatic heterocycles. The van der Waals surface area contributed by atoms with E-state index in [0.29, 0.717) is 13.0 Å². The van der Waals surface area contributed by atoms with Crippen LogP contribution in [0.1, 0.15) is 48.2 Å². The van der Waals surface area contributed by atoms with Crippen LogP contribution in [0.3, 0.4) is 0 Å². The monoisotopic (exact) mass is 468 g/mol. The number of likely N-dealkylation sites (tertiary alicyclic amines) is 1. The predicted molar refractivity (Wildman–Crippen MR) is 134 cm³/mol. The first-order chi connectivity index (χ1) is 16.1. The van der Waals surface area contributed by atoms with Crippen molar-refractivity contribution >= 4 is 29.0 Å². The Morgan fingerprint density at radius 2 is 1.88 bits per heavy atom. The molecule has 5 heterocycles. The molecule has 0 spiro atoms. The zero-order chi connectivity index (χ0) is 22.8. The molecule has 0 unspecified atom stereocenters. The summed E-state index contributed by atoms with van der Waals surface area (Å²) >= 11 is 1.65. The van der Waals surface area contributed by atoms with Gasteiger partial charge in [-0.15, -0.1) is 11.3 Å². The van der Waals surface area contributed by atoms with Gasteiger partial charge in [0.2, 0.25) is 11.9 Å². The molecule has 7 nitrogen and oxygen atoms in total. The summed E-state index contributed by atoms with van der Waals surface area (Å²) in [7, 11) is 4.09. The summed E-state index contributed by atoms with van der Waals surface area (Å²) in [4.78, 5) is 33.2. The van der Waals surface area contributed by atoms with E-state index in [4.69, 9.17) is 9.97 Å². The maximum atomic E-state index is 12.9. The molecule has 0 N–H and O–H groups in total. The van der Waals surface area contributed by atoms with Gasteiger partial charge in [0, 0.05) is 56.6 Å². The lowest BCUT2D eigenvalue weighted by Crippen LogP contribution is -2.47. The molecule has 0 bridgehead atoms. The van der Waals surface area contributed by atoms with Crippen molar-refractivity contribution in [2.24, 2.45) is 0 Å². The Labute approximate surface area is 201 Å². The van der Waals surface area contributed by atoms with Crippen LogP contribution in [0, 0.1) is 0 Å². The lowest BCUT2D eigenvalue weighted by Gasteiger charge is -2.40. The summed E-state index contributed by atoms with van der Waals surface area (Å²) in [6.07, 6.45) is 7.77. The van der Waals surface area contributed by atoms with Crippen molar-refractivity contribution in [1.29, 1.82) is 0 Å². The molecule has 0 aromatic carbocycles. The number of rotatable bonds is 5. The number of nitrogens with zero attached hydrogens (tertiary/aromatic N) is 6. The van der Waals surface area contributed by atoms with Crippen molar-refractivity contribution < 1.29 is 4.79 Å². The molecule has 8 heteroatoms. The molecule has 0 saturated carbocycles. The molecule has 2 saturated heterocycles. The molecular formula is C25H36N6OS. The number of thiophene rings is 1. The predicted octanol–water partition coefficient (Wildman–Crippen LogP) is 3.19. The van der Waals surface area contributed by atoms with Crippen LogP contribution in [0.5, 0.6) is 0 Å². The highest BCUT2D eigenvalue weighted by atomic mass is 32.1. The topological polar surface area (TPSA) is 55.8 Å². The zero-order valence-electron chi connectivity index (χ0n) is 20.0. The fourth-order valence-electron chi connectivity index (χ4n) is 5.50. The van der Waals surface area contributed by atoms with Crippen molar-refractivity contribution in [3.05, 3.63) is 33.6 Å². The number of fused-ring (bicyclic) bond motifs is 1. The minimum atomic E-state index is 0.191. The molecule has 0 aliphatic carbocycles. The standard InChI is InChI=1S/C25H36N6OS/c1-28(2)24-21-18-31(23(32)17-20-7-6-16-33-20)15-10-22(21)26-25(27-24)30-13-8-19(9-14-30)29-11-4-3-5-12-29/h6-7,16,19H,3-5,8-15,17-18H2,1-2H3. The first-order valence-corrected chi connectivity index (χ1v) is 13.3. The summed E-state index contributed by atoms with van der Waals surface area (Å²) in [6, 6.07) is 4.76. The lowest BCUT2D eigenvalue weighted by molar-refractivity contribution is -0.131. The third-order valence-corrected chi connectivity index (χ3v) is 8.24. The summed E-state index contributed by atoms with van der Waals surface area (Å²) in [6.45, 7) is 5.93. The molecule has 33 heavy (non-hydrogen) atoms. The number of aromatic nitrogens is 2. The molecule has 0 radical (unpaired) electrons. The van der Waals surface area contributed by atoms with Crippen LogP contribution in [-0.4, -0.2) is 78.5 Å². The summed E-state index contributed by atoms with van der Waals surface area (Å²) < 4.78 is 0. The molecule has 2 fully saturated rings. The summed E-state index contributed by atoms with van der Waals surface area (Å²) in [5, 5.41) is 2.03. The Morgan fingerprint density at radius 3 is 2.58 bits per heavy atom. The normalized spacial score (nSPS) is 20.1. The van der Waals surface area contributed by atoms with E-state index in [0.717, 1.165) is 60.0 Å². The van der Waals surface area contributed by atoms with E-state index in [1.807, 2.05) is 36.5 Å². The largest absolute Gasteiger partial charge is 0.362 e. The van der Waals surface area contributed by atoms with Gasteiger partial charge in [0.05, 0.1) is 18.7 Å². The van der Waals surface area contributed by atoms with Gasteiger partial charge in [0.25, 0.3) is 0 Å². The molecule has 5 rings (SSSR count). The van der Waals surface area contributed by atoms with Crippen LogP contribution < -0.4 is 9.80 Å². The highest BCUT2D eigenvalue weighted by molar-refractivity contribution is 7.10. The maximum absolute atomic E-state index is 12.9. The van der Waals surface area contributed by atoms with Crippen LogP contribution in [-0.2, 0) is 24.2 Å². The fourth-order valence-corrected chi connectivity index (χ4v) is 6.19. The second-order valence-electron chi connectivity index (χ2n) is 9.80. The van der Waals surface area contributed by atoms with Crippen LogP contribution in [0.15, 0.2) is 17.5 Å². The van der Waals surface area contributed by atoms with Gasteiger partial charge < -0.3 is 19.6 Å². The highest BCUT2D eigenvalue weighted by Gasteiger charge is 2.30. The van der Waals surface area contributed by atoms with E-state index in [2.05, 4.69) is 14.7 Å². The van der Waals surface area contributed by atoms with Gasteiger partial charge in [-0.1, -0.05) is 12.5 Å². The molecule has 3 aliphatic rings. The Bertz CT molecular complexity index is 948. The van der Waals surface area contributed by atoms with Gasteiger partial charge in [0.1, 0.15) is 5.82 Å². The number of carbonyl (C=O) groups is 1. The molecule has 1 amide bonds. The third kappa shape index (κ3) is 5.01. The third-order valence-electron chi connectivity index (χ3n) is 7.36. The first-order valence-electron chi connectivity index (χ1n) is 12.4. The van der Waals surface area contributed by atoms with Crippen molar-refractivity contribution in [2.75, 3.05) is 56.6 Å². The number of hydrogen-bond acceptors (Lipinski definition) is 7. The average Bonchev–Trinajstić information content (AvgIpc) is 3.36. The molecule has 178 valence electrons. The Kier molecular flexibility index (Phi) is 6.83. The second kappa shape index (κ2) is 9.97. The number of piperidine rings is 2. The zero-order valence-corrected chi connectivity index (χ0v) is 20.8. The number of anilines is 2. The molecule has 3 aliphatic heterocycles.